The zero-order valence-corrected chi connectivity index (χ0v) is 18.2. The van der Waals surface area contributed by atoms with Crippen LogP contribution in [0, 0.1) is 0 Å². The first kappa shape index (κ1) is 19.7. The van der Waals surface area contributed by atoms with E-state index in [1.807, 2.05) is 42.7 Å². The van der Waals surface area contributed by atoms with Crippen molar-refractivity contribution < 1.29 is 4.43 Å². The highest BCUT2D eigenvalue weighted by Gasteiger charge is 2.25. The molecule has 27 heavy (non-hydrogen) atoms. The fourth-order valence-electron chi connectivity index (χ4n) is 2.39. The van der Waals surface area contributed by atoms with E-state index in [9.17, 15) is 0 Å². The van der Waals surface area contributed by atoms with Gasteiger partial charge in [-0.25, -0.2) is 9.97 Å². The average Bonchev–Trinajstić information content (AvgIpc) is 3.09. The third-order valence-electron chi connectivity index (χ3n) is 3.87. The van der Waals surface area contributed by atoms with Crippen LogP contribution in [0.4, 0.5) is 10.9 Å². The van der Waals surface area contributed by atoms with Gasteiger partial charge in [0.15, 0.2) is 5.13 Å². The van der Waals surface area contributed by atoms with E-state index in [-0.39, 0.29) is 10.6 Å². The molecule has 0 aliphatic heterocycles. The van der Waals surface area contributed by atoms with Gasteiger partial charge in [-0.3, -0.25) is 0 Å². The van der Waals surface area contributed by atoms with E-state index >= 15 is 0 Å². The Morgan fingerprint density at radius 2 is 1.74 bits per heavy atom. The summed E-state index contributed by atoms with van der Waals surface area (Å²) in [5, 5.41) is 4.30. The van der Waals surface area contributed by atoms with E-state index < -0.39 is 0 Å². The summed E-state index contributed by atoms with van der Waals surface area (Å²) in [4.78, 5) is 10.1. The van der Waals surface area contributed by atoms with Gasteiger partial charge in [0, 0.05) is 12.4 Å². The maximum atomic E-state index is 6.21. The van der Waals surface area contributed by atoms with Crippen LogP contribution in [-0.4, -0.2) is 19.7 Å². The Labute approximate surface area is 168 Å². The number of rotatable bonds is 6. The van der Waals surface area contributed by atoms with Crippen LogP contribution in [-0.2, 0) is 10.0 Å². The molecular weight excluding hydrogens is 370 g/mol. The van der Waals surface area contributed by atoms with E-state index in [1.54, 1.807) is 11.3 Å². The highest BCUT2D eigenvalue weighted by molar-refractivity contribution is 7.18. The van der Waals surface area contributed by atoms with Crippen LogP contribution in [0.1, 0.15) is 40.2 Å². The molecule has 1 aromatic carbocycles. The molecule has 0 aliphatic carbocycles. The number of nitrogens with one attached hydrogen (secondary N) is 1. The molecule has 0 unspecified atom stereocenters. The summed E-state index contributed by atoms with van der Waals surface area (Å²) in [7, 11) is 0.425. The minimum Gasteiger partial charge on any atom is -0.408 e. The van der Waals surface area contributed by atoms with E-state index in [0.29, 0.717) is 9.76 Å². The SMILES string of the molecule is CC(C)(C)[Si]OC(C)(C)c1ccnc(Nc2ncc(-c3ccccc3)s2)c1. The van der Waals surface area contributed by atoms with E-state index in [4.69, 9.17) is 4.43 Å². The lowest BCUT2D eigenvalue weighted by atomic mass is 10.00. The number of hydrogen-bond acceptors (Lipinski definition) is 5. The van der Waals surface area contributed by atoms with Crippen molar-refractivity contribution in [2.75, 3.05) is 5.32 Å². The summed E-state index contributed by atoms with van der Waals surface area (Å²) in [5.41, 5.74) is 1.89. The number of benzene rings is 1. The number of hydrogen-bond donors (Lipinski definition) is 1. The molecule has 2 aromatic heterocycles. The minimum absolute atomic E-state index is 0.153. The van der Waals surface area contributed by atoms with E-state index in [2.05, 4.69) is 62.0 Å². The van der Waals surface area contributed by atoms with Crippen LogP contribution in [0.5, 0.6) is 0 Å². The zero-order valence-electron chi connectivity index (χ0n) is 16.4. The second-order valence-electron chi connectivity index (χ2n) is 7.91. The molecule has 0 fully saturated rings. The fraction of sp³-hybridized carbons (Fsp3) is 0.333. The molecular formula is C21H25N3OSSi. The van der Waals surface area contributed by atoms with Gasteiger partial charge in [0.25, 0.3) is 0 Å². The van der Waals surface area contributed by atoms with Crippen molar-refractivity contribution in [1.29, 1.82) is 0 Å². The van der Waals surface area contributed by atoms with Gasteiger partial charge in [-0.15, -0.1) is 0 Å². The fourth-order valence-corrected chi connectivity index (χ4v) is 3.90. The Bertz CT molecular complexity index is 888. The molecule has 1 N–H and O–H groups in total. The lowest BCUT2D eigenvalue weighted by Crippen LogP contribution is -2.27. The van der Waals surface area contributed by atoms with Gasteiger partial charge in [0.05, 0.1) is 10.5 Å². The predicted octanol–water partition coefficient (Wildman–Crippen LogP) is 6.04. The molecule has 0 bridgehead atoms. The van der Waals surface area contributed by atoms with E-state index in [0.717, 1.165) is 21.4 Å². The van der Waals surface area contributed by atoms with Crippen LogP contribution in [0.3, 0.4) is 0 Å². The Morgan fingerprint density at radius 1 is 1.00 bits per heavy atom. The Balaban J connectivity index is 1.74. The molecule has 2 radical (unpaired) electrons. The molecule has 0 atom stereocenters. The highest BCUT2D eigenvalue weighted by atomic mass is 32.1. The van der Waals surface area contributed by atoms with Gasteiger partial charge >= 0.3 is 0 Å². The molecule has 0 saturated carbocycles. The topological polar surface area (TPSA) is 47.0 Å². The molecule has 3 aromatic rings. The summed E-state index contributed by atoms with van der Waals surface area (Å²) in [6, 6.07) is 14.3. The van der Waals surface area contributed by atoms with Gasteiger partial charge in [-0.2, -0.15) is 0 Å². The molecule has 0 amide bonds. The monoisotopic (exact) mass is 395 g/mol. The predicted molar refractivity (Wildman–Crippen MR) is 115 cm³/mol. The molecule has 6 heteroatoms. The first-order chi connectivity index (χ1) is 12.7. The maximum Gasteiger partial charge on any atom is 0.236 e. The summed E-state index contributed by atoms with van der Waals surface area (Å²) >= 11 is 1.62. The van der Waals surface area contributed by atoms with Gasteiger partial charge in [-0.05, 0) is 42.1 Å². The van der Waals surface area contributed by atoms with Crippen LogP contribution in [0.2, 0.25) is 5.04 Å². The molecule has 3 rings (SSSR count). The van der Waals surface area contributed by atoms with Crippen LogP contribution in [0.15, 0.2) is 54.9 Å². The van der Waals surface area contributed by atoms with Crippen LogP contribution in [0.25, 0.3) is 10.4 Å². The number of aromatic nitrogens is 2. The Kier molecular flexibility index (Phi) is 5.79. The van der Waals surface area contributed by atoms with Crippen molar-refractivity contribution in [2.45, 2.75) is 45.3 Å². The third kappa shape index (κ3) is 5.48. The molecule has 0 saturated heterocycles. The van der Waals surface area contributed by atoms with Crippen molar-refractivity contribution in [3.05, 3.63) is 60.4 Å². The number of anilines is 2. The lowest BCUT2D eigenvalue weighted by molar-refractivity contribution is 0.109. The second-order valence-corrected chi connectivity index (χ2v) is 10.9. The molecule has 0 aliphatic rings. The van der Waals surface area contributed by atoms with E-state index in [1.165, 1.54) is 5.56 Å². The summed E-state index contributed by atoms with van der Waals surface area (Å²) in [6.07, 6.45) is 3.71. The molecule has 4 nitrogen and oxygen atoms in total. The number of thiazole rings is 1. The first-order valence-corrected chi connectivity index (χ1v) is 10.7. The lowest BCUT2D eigenvalue weighted by Gasteiger charge is -2.29. The van der Waals surface area contributed by atoms with Gasteiger partial charge in [-0.1, -0.05) is 62.4 Å². The van der Waals surface area contributed by atoms with Crippen LogP contribution >= 0.6 is 11.3 Å². The maximum absolute atomic E-state index is 6.21. The third-order valence-corrected chi connectivity index (χ3v) is 6.05. The quantitative estimate of drug-likeness (QED) is 0.517. The van der Waals surface area contributed by atoms with Crippen molar-refractivity contribution >= 4 is 32.0 Å². The van der Waals surface area contributed by atoms with Gasteiger partial charge in [0.2, 0.25) is 9.76 Å². The standard InChI is InChI=1S/C21H25N3OSSi/c1-20(2,3)27-25-21(4,5)16-11-12-22-18(13-16)24-19-23-14-17(26-19)15-9-7-6-8-10-15/h6-14H,1-5H3,(H,22,23,24). The first-order valence-electron chi connectivity index (χ1n) is 8.93. The van der Waals surface area contributed by atoms with Crippen molar-refractivity contribution in [2.24, 2.45) is 0 Å². The zero-order chi connectivity index (χ0) is 19.5. The minimum atomic E-state index is -0.372. The summed E-state index contributed by atoms with van der Waals surface area (Å²) < 4.78 is 6.21. The number of nitrogens with zero attached hydrogens (tertiary/aromatic N) is 2. The normalized spacial score (nSPS) is 12.2. The Hall–Kier alpha value is -2.02. The molecule has 140 valence electrons. The van der Waals surface area contributed by atoms with Gasteiger partial charge in [0.1, 0.15) is 5.82 Å². The number of pyridine rings is 1. The second kappa shape index (κ2) is 7.92. The largest absolute Gasteiger partial charge is 0.408 e. The van der Waals surface area contributed by atoms with Crippen molar-refractivity contribution in [1.82, 2.24) is 9.97 Å². The van der Waals surface area contributed by atoms with Gasteiger partial charge < -0.3 is 9.74 Å². The summed E-state index contributed by atoms with van der Waals surface area (Å²) in [6.45, 7) is 10.8. The average molecular weight is 396 g/mol. The smallest absolute Gasteiger partial charge is 0.236 e. The summed E-state index contributed by atoms with van der Waals surface area (Å²) in [5.74, 6) is 0.775. The van der Waals surface area contributed by atoms with Crippen molar-refractivity contribution in [3.63, 3.8) is 0 Å². The molecule has 0 spiro atoms. The highest BCUT2D eigenvalue weighted by Crippen LogP contribution is 2.32. The van der Waals surface area contributed by atoms with Crippen molar-refractivity contribution in [3.8, 4) is 10.4 Å². The Morgan fingerprint density at radius 3 is 2.44 bits per heavy atom. The van der Waals surface area contributed by atoms with Crippen LogP contribution < -0.4 is 5.32 Å². The molecule has 2 heterocycles.